The molecule has 156 valence electrons. The SMILES string of the molecule is CNCCC1CCN(CC(=O)NC(c2ccccc2)c2nccs2)CC1.Cl.Cl. The molecule has 0 aliphatic carbocycles. The Morgan fingerprint density at radius 3 is 2.57 bits per heavy atom. The Morgan fingerprint density at radius 1 is 1.25 bits per heavy atom. The molecule has 1 aromatic heterocycles. The van der Waals surface area contributed by atoms with Crippen LogP contribution in [0.2, 0.25) is 0 Å². The number of aromatic nitrogens is 1. The second-order valence-corrected chi connectivity index (χ2v) is 7.82. The van der Waals surface area contributed by atoms with Crippen molar-refractivity contribution < 1.29 is 4.79 Å². The van der Waals surface area contributed by atoms with Crippen molar-refractivity contribution in [3.05, 3.63) is 52.5 Å². The fourth-order valence-corrected chi connectivity index (χ4v) is 4.22. The van der Waals surface area contributed by atoms with E-state index in [2.05, 4.69) is 20.5 Å². The van der Waals surface area contributed by atoms with Crippen LogP contribution in [0.4, 0.5) is 0 Å². The van der Waals surface area contributed by atoms with Crippen molar-refractivity contribution in [2.75, 3.05) is 33.2 Å². The molecule has 28 heavy (non-hydrogen) atoms. The molecule has 2 N–H and O–H groups in total. The number of thiazole rings is 1. The number of piperidine rings is 1. The molecule has 0 saturated carbocycles. The molecule has 0 radical (unpaired) electrons. The van der Waals surface area contributed by atoms with E-state index in [1.54, 1.807) is 17.5 Å². The van der Waals surface area contributed by atoms with Gasteiger partial charge in [-0.05, 0) is 57.4 Å². The minimum atomic E-state index is -0.170. The maximum atomic E-state index is 12.7. The van der Waals surface area contributed by atoms with Gasteiger partial charge in [0.15, 0.2) is 0 Å². The predicted molar refractivity (Wildman–Crippen MR) is 121 cm³/mol. The van der Waals surface area contributed by atoms with Crippen LogP contribution in [0.25, 0.3) is 0 Å². The van der Waals surface area contributed by atoms with Crippen molar-refractivity contribution in [3.8, 4) is 0 Å². The summed E-state index contributed by atoms with van der Waals surface area (Å²) in [5.41, 5.74) is 1.07. The van der Waals surface area contributed by atoms with Crippen LogP contribution in [0.3, 0.4) is 0 Å². The zero-order chi connectivity index (χ0) is 18.2. The number of carbonyl (C=O) groups excluding carboxylic acids is 1. The molecule has 1 amide bonds. The first-order chi connectivity index (χ1) is 12.8. The van der Waals surface area contributed by atoms with Crippen molar-refractivity contribution in [3.63, 3.8) is 0 Å². The number of halogens is 2. The van der Waals surface area contributed by atoms with E-state index < -0.39 is 0 Å². The van der Waals surface area contributed by atoms with E-state index in [9.17, 15) is 4.79 Å². The van der Waals surface area contributed by atoms with Gasteiger partial charge in [-0.15, -0.1) is 36.2 Å². The molecule has 2 aromatic rings. The maximum absolute atomic E-state index is 12.7. The molecule has 1 saturated heterocycles. The number of carbonyl (C=O) groups is 1. The Morgan fingerprint density at radius 2 is 1.96 bits per heavy atom. The van der Waals surface area contributed by atoms with Crippen LogP contribution in [0.5, 0.6) is 0 Å². The number of benzene rings is 1. The highest BCUT2D eigenvalue weighted by Crippen LogP contribution is 2.24. The third-order valence-corrected chi connectivity index (χ3v) is 5.85. The number of hydrogen-bond donors (Lipinski definition) is 2. The van der Waals surface area contributed by atoms with Crippen molar-refractivity contribution >= 4 is 42.1 Å². The van der Waals surface area contributed by atoms with Gasteiger partial charge in [-0.1, -0.05) is 30.3 Å². The summed E-state index contributed by atoms with van der Waals surface area (Å²) in [6.45, 7) is 3.56. The van der Waals surface area contributed by atoms with E-state index >= 15 is 0 Å². The molecule has 2 heterocycles. The van der Waals surface area contributed by atoms with Crippen LogP contribution in [0, 0.1) is 5.92 Å². The second kappa shape index (κ2) is 13.1. The van der Waals surface area contributed by atoms with Gasteiger partial charge in [0.2, 0.25) is 5.91 Å². The molecular formula is C20H30Cl2N4OS. The highest BCUT2D eigenvalue weighted by Gasteiger charge is 2.23. The Balaban J connectivity index is 0.00000196. The predicted octanol–water partition coefficient (Wildman–Crippen LogP) is 3.51. The summed E-state index contributed by atoms with van der Waals surface area (Å²) in [4.78, 5) is 19.3. The van der Waals surface area contributed by atoms with Gasteiger partial charge in [0.25, 0.3) is 0 Å². The summed E-state index contributed by atoms with van der Waals surface area (Å²) in [6.07, 6.45) is 5.39. The monoisotopic (exact) mass is 444 g/mol. The summed E-state index contributed by atoms with van der Waals surface area (Å²) >= 11 is 1.58. The number of amides is 1. The summed E-state index contributed by atoms with van der Waals surface area (Å²) in [5, 5.41) is 9.29. The third kappa shape index (κ3) is 7.33. The molecular weight excluding hydrogens is 415 g/mol. The lowest BCUT2D eigenvalue weighted by Crippen LogP contribution is -2.42. The topological polar surface area (TPSA) is 57.3 Å². The average molecular weight is 445 g/mol. The van der Waals surface area contributed by atoms with Crippen LogP contribution in [-0.2, 0) is 4.79 Å². The Hall–Kier alpha value is -1.18. The lowest BCUT2D eigenvalue weighted by molar-refractivity contribution is -0.123. The van der Waals surface area contributed by atoms with Gasteiger partial charge in [0.05, 0.1) is 6.54 Å². The van der Waals surface area contributed by atoms with E-state index in [1.165, 1.54) is 19.3 Å². The minimum Gasteiger partial charge on any atom is -0.342 e. The molecule has 5 nitrogen and oxygen atoms in total. The van der Waals surface area contributed by atoms with Gasteiger partial charge in [0.1, 0.15) is 11.0 Å². The first kappa shape index (κ1) is 24.9. The van der Waals surface area contributed by atoms with E-state index in [1.807, 2.05) is 42.8 Å². The van der Waals surface area contributed by atoms with Crippen molar-refractivity contribution in [1.82, 2.24) is 20.5 Å². The summed E-state index contributed by atoms with van der Waals surface area (Å²) < 4.78 is 0. The van der Waals surface area contributed by atoms with E-state index in [4.69, 9.17) is 0 Å². The molecule has 1 aliphatic heterocycles. The standard InChI is InChI=1S/C20H28N4OS.2ClH/c1-21-10-7-16-8-12-24(13-9-16)15-18(25)23-19(20-22-11-14-26-20)17-5-3-2-4-6-17;;/h2-6,11,14,16,19,21H,7-10,12-13,15H2,1H3,(H,23,25);2*1H. The molecule has 1 aromatic carbocycles. The van der Waals surface area contributed by atoms with Gasteiger partial charge in [-0.3, -0.25) is 9.69 Å². The zero-order valence-corrected chi connectivity index (χ0v) is 18.6. The summed E-state index contributed by atoms with van der Waals surface area (Å²) in [5.74, 6) is 0.858. The molecule has 1 atom stereocenters. The number of rotatable bonds is 8. The zero-order valence-electron chi connectivity index (χ0n) is 16.2. The number of nitrogens with one attached hydrogen (secondary N) is 2. The summed E-state index contributed by atoms with van der Waals surface area (Å²) in [6, 6.07) is 9.90. The smallest absolute Gasteiger partial charge is 0.235 e. The lowest BCUT2D eigenvalue weighted by Gasteiger charge is -2.31. The number of likely N-dealkylation sites (tertiary alicyclic amines) is 1. The second-order valence-electron chi connectivity index (χ2n) is 6.89. The first-order valence-electron chi connectivity index (χ1n) is 9.37. The largest absolute Gasteiger partial charge is 0.342 e. The Labute approximate surface area is 184 Å². The quantitative estimate of drug-likeness (QED) is 0.653. The Bertz CT molecular complexity index is 664. The van der Waals surface area contributed by atoms with Crippen LogP contribution >= 0.6 is 36.2 Å². The van der Waals surface area contributed by atoms with Gasteiger partial charge in [0, 0.05) is 11.6 Å². The molecule has 1 aliphatic rings. The summed E-state index contributed by atoms with van der Waals surface area (Å²) in [7, 11) is 2.01. The molecule has 0 spiro atoms. The van der Waals surface area contributed by atoms with Gasteiger partial charge in [-0.25, -0.2) is 4.98 Å². The fraction of sp³-hybridized carbons (Fsp3) is 0.500. The van der Waals surface area contributed by atoms with Crippen LogP contribution in [0.1, 0.15) is 35.9 Å². The maximum Gasteiger partial charge on any atom is 0.235 e. The first-order valence-corrected chi connectivity index (χ1v) is 10.2. The number of hydrogen-bond acceptors (Lipinski definition) is 5. The Kier molecular flexibility index (Phi) is 11.6. The van der Waals surface area contributed by atoms with E-state index in [0.29, 0.717) is 6.54 Å². The van der Waals surface area contributed by atoms with Crippen molar-refractivity contribution in [2.45, 2.75) is 25.3 Å². The average Bonchev–Trinajstić information content (AvgIpc) is 3.21. The molecule has 3 rings (SSSR count). The highest BCUT2D eigenvalue weighted by atomic mass is 35.5. The van der Waals surface area contributed by atoms with Crippen LogP contribution in [-0.4, -0.2) is 49.0 Å². The minimum absolute atomic E-state index is 0. The normalized spacial score (nSPS) is 15.9. The lowest BCUT2D eigenvalue weighted by atomic mass is 9.93. The molecule has 0 bridgehead atoms. The van der Waals surface area contributed by atoms with Crippen molar-refractivity contribution in [1.29, 1.82) is 0 Å². The van der Waals surface area contributed by atoms with Gasteiger partial charge in [-0.2, -0.15) is 0 Å². The third-order valence-electron chi connectivity index (χ3n) is 5.01. The van der Waals surface area contributed by atoms with Crippen molar-refractivity contribution in [2.24, 2.45) is 5.92 Å². The van der Waals surface area contributed by atoms with Crippen LogP contribution < -0.4 is 10.6 Å². The molecule has 8 heteroatoms. The molecule has 1 fully saturated rings. The highest BCUT2D eigenvalue weighted by molar-refractivity contribution is 7.09. The molecule has 1 unspecified atom stereocenters. The van der Waals surface area contributed by atoms with Gasteiger partial charge < -0.3 is 10.6 Å². The van der Waals surface area contributed by atoms with Gasteiger partial charge >= 0.3 is 0 Å². The van der Waals surface area contributed by atoms with E-state index in [-0.39, 0.29) is 36.8 Å². The fourth-order valence-electron chi connectivity index (χ4n) is 3.50. The number of nitrogens with zero attached hydrogens (tertiary/aromatic N) is 2. The van der Waals surface area contributed by atoms with E-state index in [0.717, 1.165) is 36.1 Å². The van der Waals surface area contributed by atoms with Crippen LogP contribution in [0.15, 0.2) is 41.9 Å².